The lowest BCUT2D eigenvalue weighted by Gasteiger charge is -2.19. The van der Waals surface area contributed by atoms with Crippen LogP contribution in [0.15, 0.2) is 48.5 Å². The molecule has 0 aliphatic carbocycles. The van der Waals surface area contributed by atoms with E-state index in [1.165, 1.54) is 22.3 Å². The minimum Gasteiger partial charge on any atom is -0.303 e. The van der Waals surface area contributed by atoms with Gasteiger partial charge in [-0.15, -0.1) is 0 Å². The fourth-order valence-electron chi connectivity index (χ4n) is 2.59. The highest BCUT2D eigenvalue weighted by Crippen LogP contribution is 2.37. The molecule has 0 radical (unpaired) electrons. The number of aryl methyl sites for hydroxylation is 2. The first-order valence-electron chi connectivity index (χ1n) is 7.68. The highest BCUT2D eigenvalue weighted by Gasteiger charge is 2.16. The van der Waals surface area contributed by atoms with Gasteiger partial charge in [0.15, 0.2) is 0 Å². The van der Waals surface area contributed by atoms with Crippen molar-refractivity contribution in [2.75, 3.05) is 6.61 Å². The van der Waals surface area contributed by atoms with Gasteiger partial charge in [-0.25, -0.2) is 4.57 Å². The quantitative estimate of drug-likeness (QED) is 0.584. The van der Waals surface area contributed by atoms with Crippen LogP contribution in [0.5, 0.6) is 0 Å². The average Bonchev–Trinajstić information content (AvgIpc) is 2.49. The van der Waals surface area contributed by atoms with Gasteiger partial charge in [-0.2, -0.15) is 0 Å². The Morgan fingerprint density at radius 2 is 1.35 bits per heavy atom. The fraction of sp³-hybridized carbons (Fsp3) is 0.333. The zero-order valence-electron chi connectivity index (χ0n) is 13.5. The molecule has 0 unspecified atom stereocenters. The van der Waals surface area contributed by atoms with E-state index in [2.05, 4.69) is 66.9 Å². The summed E-state index contributed by atoms with van der Waals surface area (Å²) in [4.78, 5) is 17.5. The molecule has 2 aromatic carbocycles. The Hall–Kier alpha value is -1.45. The number of phosphoric acid groups is 1. The molecule has 2 rings (SSSR count). The molecule has 0 heterocycles. The molecule has 0 aliphatic rings. The molecule has 0 fully saturated rings. The van der Waals surface area contributed by atoms with Crippen LogP contribution in [-0.4, -0.2) is 16.4 Å². The maximum absolute atomic E-state index is 10.8. The Bertz CT molecular complexity index is 613. The van der Waals surface area contributed by atoms with Crippen LogP contribution in [-0.2, 0) is 9.09 Å². The van der Waals surface area contributed by atoms with Crippen molar-refractivity contribution in [3.63, 3.8) is 0 Å². The van der Waals surface area contributed by atoms with Gasteiger partial charge < -0.3 is 9.79 Å². The van der Waals surface area contributed by atoms with Crippen molar-refractivity contribution in [1.29, 1.82) is 0 Å². The van der Waals surface area contributed by atoms with Crippen molar-refractivity contribution in [1.82, 2.24) is 0 Å². The fourth-order valence-corrected chi connectivity index (χ4v) is 2.96. The van der Waals surface area contributed by atoms with E-state index in [-0.39, 0.29) is 12.5 Å². The Labute approximate surface area is 137 Å². The standard InChI is InChI=1S/C18H23O4P/c1-14-5-9-16(10-6-14)18(4-3-13-22-23(19,20)21)17-11-7-15(2)8-12-17/h5-12,18H,3-4,13H2,1-2H3,(H2,19,20,21). The highest BCUT2D eigenvalue weighted by atomic mass is 31.2. The molecule has 0 spiro atoms. The van der Waals surface area contributed by atoms with Gasteiger partial charge >= 0.3 is 7.82 Å². The van der Waals surface area contributed by atoms with Crippen LogP contribution in [0.1, 0.15) is 41.0 Å². The van der Waals surface area contributed by atoms with Crippen LogP contribution in [0.25, 0.3) is 0 Å². The summed E-state index contributed by atoms with van der Waals surface area (Å²) in [6, 6.07) is 16.8. The lowest BCUT2D eigenvalue weighted by molar-refractivity contribution is 0.193. The first kappa shape index (κ1) is 17.9. The zero-order valence-corrected chi connectivity index (χ0v) is 14.4. The van der Waals surface area contributed by atoms with Crippen molar-refractivity contribution < 1.29 is 18.9 Å². The van der Waals surface area contributed by atoms with E-state index in [1.807, 2.05) is 0 Å². The molecule has 2 N–H and O–H groups in total. The maximum atomic E-state index is 10.8. The van der Waals surface area contributed by atoms with Crippen molar-refractivity contribution in [3.8, 4) is 0 Å². The predicted molar refractivity (Wildman–Crippen MR) is 91.4 cm³/mol. The van der Waals surface area contributed by atoms with E-state index in [0.29, 0.717) is 6.42 Å². The molecule has 0 aromatic heterocycles. The van der Waals surface area contributed by atoms with Crippen molar-refractivity contribution >= 4 is 7.82 Å². The Morgan fingerprint density at radius 3 is 1.74 bits per heavy atom. The summed E-state index contributed by atoms with van der Waals surface area (Å²) in [6.07, 6.45) is 1.35. The van der Waals surface area contributed by atoms with Crippen LogP contribution < -0.4 is 0 Å². The molecule has 23 heavy (non-hydrogen) atoms. The minimum atomic E-state index is -4.38. The van der Waals surface area contributed by atoms with Gasteiger partial charge in [0.05, 0.1) is 6.61 Å². The van der Waals surface area contributed by atoms with Crippen molar-refractivity contribution in [2.45, 2.75) is 32.6 Å². The molecule has 0 amide bonds. The van der Waals surface area contributed by atoms with Crippen LogP contribution in [0.3, 0.4) is 0 Å². The smallest absolute Gasteiger partial charge is 0.303 e. The third-order valence-electron chi connectivity index (χ3n) is 3.86. The van der Waals surface area contributed by atoms with Gasteiger partial charge in [0.2, 0.25) is 0 Å². The summed E-state index contributed by atoms with van der Waals surface area (Å²) >= 11 is 0. The largest absolute Gasteiger partial charge is 0.469 e. The molecular formula is C18H23O4P. The van der Waals surface area contributed by atoms with Crippen LogP contribution in [0.4, 0.5) is 0 Å². The number of benzene rings is 2. The second-order valence-electron chi connectivity index (χ2n) is 5.84. The summed E-state index contributed by atoms with van der Waals surface area (Å²) in [5.74, 6) is 0.191. The normalized spacial score (nSPS) is 11.9. The van der Waals surface area contributed by atoms with Crippen LogP contribution in [0, 0.1) is 13.8 Å². The van der Waals surface area contributed by atoms with E-state index >= 15 is 0 Å². The molecule has 124 valence electrons. The minimum absolute atomic E-state index is 0.0541. The Kier molecular flexibility index (Phi) is 6.14. The summed E-state index contributed by atoms with van der Waals surface area (Å²) in [7, 11) is -4.38. The first-order valence-corrected chi connectivity index (χ1v) is 9.21. The zero-order chi connectivity index (χ0) is 16.9. The lowest BCUT2D eigenvalue weighted by atomic mass is 9.87. The lowest BCUT2D eigenvalue weighted by Crippen LogP contribution is -2.04. The topological polar surface area (TPSA) is 66.8 Å². The van der Waals surface area contributed by atoms with E-state index < -0.39 is 7.82 Å². The molecule has 5 heteroatoms. The molecule has 2 aromatic rings. The SMILES string of the molecule is Cc1ccc(C(CCCOP(=O)(O)O)c2ccc(C)cc2)cc1. The van der Waals surface area contributed by atoms with Gasteiger partial charge in [-0.3, -0.25) is 4.52 Å². The van der Waals surface area contributed by atoms with Crippen LogP contribution in [0.2, 0.25) is 0 Å². The number of rotatable bonds is 7. The summed E-state index contributed by atoms with van der Waals surface area (Å²) in [5, 5.41) is 0. The van der Waals surface area contributed by atoms with Gasteiger partial charge in [-0.1, -0.05) is 59.7 Å². The van der Waals surface area contributed by atoms with Crippen LogP contribution >= 0.6 is 7.82 Å². The molecule has 0 aliphatic heterocycles. The van der Waals surface area contributed by atoms with E-state index in [9.17, 15) is 4.57 Å². The molecule has 4 nitrogen and oxygen atoms in total. The predicted octanol–water partition coefficient (Wildman–Crippen LogP) is 4.32. The van der Waals surface area contributed by atoms with Gasteiger partial charge in [0, 0.05) is 5.92 Å². The number of phosphoric ester groups is 1. The Balaban J connectivity index is 2.13. The molecule has 0 bridgehead atoms. The van der Waals surface area contributed by atoms with Crippen molar-refractivity contribution in [3.05, 3.63) is 70.8 Å². The van der Waals surface area contributed by atoms with Crippen molar-refractivity contribution in [2.24, 2.45) is 0 Å². The third kappa shape index (κ3) is 5.92. The molecule has 0 saturated heterocycles. The molecular weight excluding hydrogens is 311 g/mol. The number of hydrogen-bond donors (Lipinski definition) is 2. The van der Waals surface area contributed by atoms with E-state index in [0.717, 1.165) is 6.42 Å². The summed E-state index contributed by atoms with van der Waals surface area (Å²) in [6.45, 7) is 4.16. The first-order chi connectivity index (χ1) is 10.8. The van der Waals surface area contributed by atoms with E-state index in [1.54, 1.807) is 0 Å². The Morgan fingerprint density at radius 1 is 0.913 bits per heavy atom. The summed E-state index contributed by atoms with van der Waals surface area (Å²) in [5.41, 5.74) is 4.83. The average molecular weight is 334 g/mol. The molecule has 0 atom stereocenters. The second kappa shape index (κ2) is 7.89. The monoisotopic (exact) mass is 334 g/mol. The third-order valence-corrected chi connectivity index (χ3v) is 4.37. The molecule has 0 saturated carbocycles. The van der Waals surface area contributed by atoms with Gasteiger partial charge in [0.1, 0.15) is 0 Å². The van der Waals surface area contributed by atoms with Gasteiger partial charge in [-0.05, 0) is 37.8 Å². The number of hydrogen-bond acceptors (Lipinski definition) is 2. The summed E-state index contributed by atoms with van der Waals surface area (Å²) < 4.78 is 15.3. The van der Waals surface area contributed by atoms with E-state index in [4.69, 9.17) is 9.79 Å². The highest BCUT2D eigenvalue weighted by molar-refractivity contribution is 7.46. The van der Waals surface area contributed by atoms with Gasteiger partial charge in [0.25, 0.3) is 0 Å². The second-order valence-corrected chi connectivity index (χ2v) is 7.08. The maximum Gasteiger partial charge on any atom is 0.469 e.